The van der Waals surface area contributed by atoms with Crippen molar-refractivity contribution in [2.24, 2.45) is 0 Å². The lowest BCUT2D eigenvalue weighted by Crippen LogP contribution is -2.22. The lowest BCUT2D eigenvalue weighted by Gasteiger charge is -2.23. The highest BCUT2D eigenvalue weighted by Gasteiger charge is 2.05. The summed E-state index contributed by atoms with van der Waals surface area (Å²) in [5.41, 5.74) is 8.81. The van der Waals surface area contributed by atoms with Gasteiger partial charge in [-0.3, -0.25) is 4.98 Å². The summed E-state index contributed by atoms with van der Waals surface area (Å²) in [6.45, 7) is 3.94. The van der Waals surface area contributed by atoms with E-state index in [-0.39, 0.29) is 0 Å². The minimum atomic E-state index is 0.703. The normalized spacial score (nSPS) is 10.2. The van der Waals surface area contributed by atoms with Crippen molar-refractivity contribution in [3.05, 3.63) is 54.4 Å². The summed E-state index contributed by atoms with van der Waals surface area (Å²) in [4.78, 5) is 6.38. The number of hydrogen-bond donors (Lipinski definition) is 1. The Morgan fingerprint density at radius 1 is 1.18 bits per heavy atom. The third-order valence-electron chi connectivity index (χ3n) is 2.71. The van der Waals surface area contributed by atoms with Gasteiger partial charge >= 0.3 is 0 Å². The van der Waals surface area contributed by atoms with Gasteiger partial charge in [0.1, 0.15) is 0 Å². The molecule has 0 saturated carbocycles. The smallest absolute Gasteiger partial charge is 0.0576 e. The standard InChI is InChI=1S/C14H17N3/c1-2-17(11-12-6-4-3-5-7-12)14-8-13(15)9-16-10-14/h3-10H,2,11,15H2,1H3. The molecule has 0 aliphatic heterocycles. The topological polar surface area (TPSA) is 42.2 Å². The van der Waals surface area contributed by atoms with Crippen LogP contribution in [0.15, 0.2) is 48.8 Å². The second kappa shape index (κ2) is 5.34. The number of hydrogen-bond acceptors (Lipinski definition) is 3. The molecule has 0 bridgehead atoms. The Kier molecular flexibility index (Phi) is 3.60. The Morgan fingerprint density at radius 3 is 2.59 bits per heavy atom. The van der Waals surface area contributed by atoms with Gasteiger partial charge in [-0.15, -0.1) is 0 Å². The van der Waals surface area contributed by atoms with Gasteiger partial charge in [0, 0.05) is 19.3 Å². The molecule has 0 unspecified atom stereocenters. The predicted octanol–water partition coefficient (Wildman–Crippen LogP) is 2.69. The molecule has 0 saturated heterocycles. The molecule has 1 heterocycles. The molecule has 2 aromatic rings. The molecule has 2 N–H and O–H groups in total. The molecule has 1 aromatic heterocycles. The average molecular weight is 227 g/mol. The summed E-state index contributed by atoms with van der Waals surface area (Å²) < 4.78 is 0. The van der Waals surface area contributed by atoms with Crippen LogP contribution in [0, 0.1) is 0 Å². The van der Waals surface area contributed by atoms with Gasteiger partial charge in [0.05, 0.1) is 17.6 Å². The molecule has 1 aromatic carbocycles. The summed E-state index contributed by atoms with van der Waals surface area (Å²) in [7, 11) is 0. The first-order valence-electron chi connectivity index (χ1n) is 5.79. The van der Waals surface area contributed by atoms with Crippen LogP contribution in [0.3, 0.4) is 0 Å². The largest absolute Gasteiger partial charge is 0.397 e. The van der Waals surface area contributed by atoms with E-state index >= 15 is 0 Å². The van der Waals surface area contributed by atoms with E-state index in [1.807, 2.05) is 18.3 Å². The molecule has 3 heteroatoms. The minimum absolute atomic E-state index is 0.703. The first-order chi connectivity index (χ1) is 8.29. The molecule has 0 spiro atoms. The number of nitrogens with zero attached hydrogens (tertiary/aromatic N) is 2. The SMILES string of the molecule is CCN(Cc1ccccc1)c1cncc(N)c1. The van der Waals surface area contributed by atoms with E-state index in [4.69, 9.17) is 5.73 Å². The van der Waals surface area contributed by atoms with E-state index in [1.165, 1.54) is 5.56 Å². The zero-order chi connectivity index (χ0) is 12.1. The fraction of sp³-hybridized carbons (Fsp3) is 0.214. The minimum Gasteiger partial charge on any atom is -0.397 e. The Labute approximate surface area is 102 Å². The molecule has 0 amide bonds. The van der Waals surface area contributed by atoms with Crippen LogP contribution >= 0.6 is 0 Å². The maximum atomic E-state index is 5.76. The first kappa shape index (κ1) is 11.5. The van der Waals surface area contributed by atoms with Crippen molar-refractivity contribution in [3.63, 3.8) is 0 Å². The summed E-state index contributed by atoms with van der Waals surface area (Å²) in [5.74, 6) is 0. The molecular formula is C14H17N3. The van der Waals surface area contributed by atoms with Crippen LogP contribution in [0.4, 0.5) is 11.4 Å². The van der Waals surface area contributed by atoms with E-state index in [0.29, 0.717) is 5.69 Å². The van der Waals surface area contributed by atoms with Gasteiger partial charge in [0.2, 0.25) is 0 Å². The van der Waals surface area contributed by atoms with Crippen molar-refractivity contribution in [2.45, 2.75) is 13.5 Å². The average Bonchev–Trinajstić information content (AvgIpc) is 2.37. The van der Waals surface area contributed by atoms with Crippen LogP contribution < -0.4 is 10.6 Å². The third kappa shape index (κ3) is 2.97. The summed E-state index contributed by atoms with van der Waals surface area (Å²) in [5, 5.41) is 0. The van der Waals surface area contributed by atoms with E-state index in [1.54, 1.807) is 6.20 Å². The van der Waals surface area contributed by atoms with Crippen LogP contribution in [0.5, 0.6) is 0 Å². The van der Waals surface area contributed by atoms with Gasteiger partial charge in [-0.25, -0.2) is 0 Å². The monoisotopic (exact) mass is 227 g/mol. The molecule has 0 aliphatic carbocycles. The molecule has 0 fully saturated rings. The molecule has 0 radical (unpaired) electrons. The molecule has 88 valence electrons. The van der Waals surface area contributed by atoms with Crippen LogP contribution in [-0.4, -0.2) is 11.5 Å². The second-order valence-corrected chi connectivity index (χ2v) is 3.98. The number of pyridine rings is 1. The van der Waals surface area contributed by atoms with Crippen molar-refractivity contribution in [3.8, 4) is 0 Å². The zero-order valence-electron chi connectivity index (χ0n) is 10.0. The number of rotatable bonds is 4. The number of aromatic nitrogens is 1. The highest BCUT2D eigenvalue weighted by molar-refractivity contribution is 5.53. The third-order valence-corrected chi connectivity index (χ3v) is 2.71. The molecular weight excluding hydrogens is 210 g/mol. The Bertz CT molecular complexity index is 468. The van der Waals surface area contributed by atoms with Crippen LogP contribution in [0.1, 0.15) is 12.5 Å². The van der Waals surface area contributed by atoms with Crippen molar-refractivity contribution in [1.82, 2.24) is 4.98 Å². The van der Waals surface area contributed by atoms with Gasteiger partial charge in [0.15, 0.2) is 0 Å². The lowest BCUT2D eigenvalue weighted by molar-refractivity contribution is 0.829. The number of nitrogens with two attached hydrogens (primary N) is 1. The van der Waals surface area contributed by atoms with Gasteiger partial charge in [-0.2, -0.15) is 0 Å². The summed E-state index contributed by atoms with van der Waals surface area (Å²) in [6.07, 6.45) is 3.52. The lowest BCUT2D eigenvalue weighted by atomic mass is 10.2. The fourth-order valence-corrected chi connectivity index (χ4v) is 1.81. The second-order valence-electron chi connectivity index (χ2n) is 3.98. The first-order valence-corrected chi connectivity index (χ1v) is 5.79. The van der Waals surface area contributed by atoms with Crippen LogP contribution in [0.25, 0.3) is 0 Å². The van der Waals surface area contributed by atoms with Gasteiger partial charge < -0.3 is 10.6 Å². The number of nitrogen functional groups attached to an aromatic ring is 1. The van der Waals surface area contributed by atoms with Gasteiger partial charge in [-0.05, 0) is 18.6 Å². The Hall–Kier alpha value is -2.03. The van der Waals surface area contributed by atoms with Crippen molar-refractivity contribution in [1.29, 1.82) is 0 Å². The quantitative estimate of drug-likeness (QED) is 0.873. The van der Waals surface area contributed by atoms with Crippen molar-refractivity contribution < 1.29 is 0 Å². The van der Waals surface area contributed by atoms with E-state index in [0.717, 1.165) is 18.8 Å². The van der Waals surface area contributed by atoms with Crippen LogP contribution in [-0.2, 0) is 6.54 Å². The summed E-state index contributed by atoms with van der Waals surface area (Å²) in [6, 6.07) is 12.4. The van der Waals surface area contributed by atoms with E-state index < -0.39 is 0 Å². The zero-order valence-corrected chi connectivity index (χ0v) is 10.0. The summed E-state index contributed by atoms with van der Waals surface area (Å²) >= 11 is 0. The Balaban J connectivity index is 2.17. The fourth-order valence-electron chi connectivity index (χ4n) is 1.81. The Morgan fingerprint density at radius 2 is 1.94 bits per heavy atom. The van der Waals surface area contributed by atoms with E-state index in [2.05, 4.69) is 41.1 Å². The highest BCUT2D eigenvalue weighted by atomic mass is 15.1. The molecule has 2 rings (SSSR count). The molecule has 17 heavy (non-hydrogen) atoms. The van der Waals surface area contributed by atoms with Crippen LogP contribution in [0.2, 0.25) is 0 Å². The number of benzene rings is 1. The van der Waals surface area contributed by atoms with Gasteiger partial charge in [0.25, 0.3) is 0 Å². The molecule has 0 aliphatic rings. The maximum Gasteiger partial charge on any atom is 0.0576 e. The maximum absolute atomic E-state index is 5.76. The highest BCUT2D eigenvalue weighted by Crippen LogP contribution is 2.18. The molecule has 3 nitrogen and oxygen atoms in total. The molecule has 0 atom stereocenters. The van der Waals surface area contributed by atoms with Gasteiger partial charge in [-0.1, -0.05) is 30.3 Å². The van der Waals surface area contributed by atoms with E-state index in [9.17, 15) is 0 Å². The predicted molar refractivity (Wildman–Crippen MR) is 71.8 cm³/mol. The van der Waals surface area contributed by atoms with Crippen molar-refractivity contribution in [2.75, 3.05) is 17.2 Å². The van der Waals surface area contributed by atoms with Crippen molar-refractivity contribution >= 4 is 11.4 Å². The number of anilines is 2.